The molecule has 144 valence electrons. The number of thioether (sulfide) groups is 1. The molecule has 0 unspecified atom stereocenters. The number of hydrogen-bond acceptors (Lipinski definition) is 5. The van der Waals surface area contributed by atoms with Crippen LogP contribution in [0, 0.1) is 0 Å². The number of carboxylic acids is 1. The first-order valence-electron chi connectivity index (χ1n) is 8.14. The molecule has 2 aromatic carbocycles. The molecular formula is C19H15ClN2O5S. The number of anilines is 1. The molecule has 0 bridgehead atoms. The lowest BCUT2D eigenvalue weighted by Crippen LogP contribution is -2.48. The van der Waals surface area contributed by atoms with Gasteiger partial charge in [0.2, 0.25) is 5.91 Å². The Morgan fingerprint density at radius 2 is 1.75 bits per heavy atom. The zero-order valence-corrected chi connectivity index (χ0v) is 16.2. The van der Waals surface area contributed by atoms with E-state index in [2.05, 4.69) is 5.32 Å². The van der Waals surface area contributed by atoms with E-state index in [0.29, 0.717) is 0 Å². The molecule has 1 heterocycles. The number of hydrogen-bond donors (Lipinski definition) is 2. The van der Waals surface area contributed by atoms with Crippen molar-refractivity contribution in [2.75, 3.05) is 17.3 Å². The van der Waals surface area contributed by atoms with Crippen LogP contribution in [-0.2, 0) is 4.79 Å². The van der Waals surface area contributed by atoms with E-state index >= 15 is 0 Å². The Morgan fingerprint density at radius 3 is 2.29 bits per heavy atom. The second-order valence-electron chi connectivity index (χ2n) is 5.98. The maximum atomic E-state index is 12.9. The number of rotatable bonds is 6. The Balaban J connectivity index is 1.93. The van der Waals surface area contributed by atoms with Crippen molar-refractivity contribution in [1.82, 2.24) is 4.90 Å². The van der Waals surface area contributed by atoms with E-state index in [-0.39, 0.29) is 33.2 Å². The number of nitrogens with one attached hydrogen (secondary N) is 1. The Hall–Kier alpha value is -2.84. The van der Waals surface area contributed by atoms with Gasteiger partial charge in [-0.15, -0.1) is 0 Å². The molecule has 0 spiro atoms. The number of carbonyl (C=O) groups excluding carboxylic acids is 3. The fourth-order valence-corrected chi connectivity index (χ4v) is 3.73. The number of benzene rings is 2. The Morgan fingerprint density at radius 1 is 1.14 bits per heavy atom. The average Bonchev–Trinajstić information content (AvgIpc) is 2.91. The number of nitrogens with zero attached hydrogens (tertiary/aromatic N) is 1. The van der Waals surface area contributed by atoms with Gasteiger partial charge in [-0.1, -0.05) is 23.7 Å². The van der Waals surface area contributed by atoms with Gasteiger partial charge in [0.1, 0.15) is 6.04 Å². The topological polar surface area (TPSA) is 104 Å². The largest absolute Gasteiger partial charge is 0.478 e. The highest BCUT2D eigenvalue weighted by atomic mass is 35.5. The summed E-state index contributed by atoms with van der Waals surface area (Å²) >= 11 is 7.20. The normalized spacial score (nSPS) is 14.0. The second kappa shape index (κ2) is 8.04. The summed E-state index contributed by atoms with van der Waals surface area (Å²) in [5.41, 5.74) is 0.316. The van der Waals surface area contributed by atoms with Gasteiger partial charge >= 0.3 is 5.97 Å². The summed E-state index contributed by atoms with van der Waals surface area (Å²) in [6.45, 7) is 0. The van der Waals surface area contributed by atoms with E-state index in [1.54, 1.807) is 18.4 Å². The van der Waals surface area contributed by atoms with Crippen molar-refractivity contribution >= 4 is 52.7 Å². The monoisotopic (exact) mass is 418 g/mol. The van der Waals surface area contributed by atoms with E-state index in [9.17, 15) is 24.3 Å². The summed E-state index contributed by atoms with van der Waals surface area (Å²) in [5.74, 6) is -2.87. The van der Waals surface area contributed by atoms with Crippen molar-refractivity contribution in [3.8, 4) is 0 Å². The smallest absolute Gasteiger partial charge is 0.337 e. The van der Waals surface area contributed by atoms with Crippen LogP contribution in [0.15, 0.2) is 42.5 Å². The number of halogens is 1. The first-order valence-corrected chi connectivity index (χ1v) is 9.92. The van der Waals surface area contributed by atoms with E-state index in [0.717, 1.165) is 4.90 Å². The Kier molecular flexibility index (Phi) is 5.71. The molecule has 3 amide bonds. The molecule has 0 saturated carbocycles. The number of fused-ring (bicyclic) bond motifs is 1. The maximum Gasteiger partial charge on any atom is 0.337 e. The first-order chi connectivity index (χ1) is 13.3. The van der Waals surface area contributed by atoms with Crippen molar-refractivity contribution in [1.29, 1.82) is 0 Å². The second-order valence-corrected chi connectivity index (χ2v) is 7.33. The van der Waals surface area contributed by atoms with Gasteiger partial charge in [-0.3, -0.25) is 19.3 Å². The molecule has 1 atom stereocenters. The van der Waals surface area contributed by atoms with Gasteiger partial charge in [0.25, 0.3) is 11.8 Å². The fraction of sp³-hybridized carbons (Fsp3) is 0.158. The molecule has 2 N–H and O–H groups in total. The molecule has 0 aliphatic carbocycles. The van der Waals surface area contributed by atoms with E-state index in [1.165, 1.54) is 42.1 Å². The summed E-state index contributed by atoms with van der Waals surface area (Å²) < 4.78 is 0. The molecule has 1 aliphatic heterocycles. The number of aromatic carboxylic acids is 1. The van der Waals surface area contributed by atoms with Crippen LogP contribution in [0.4, 0.5) is 5.69 Å². The van der Waals surface area contributed by atoms with Crippen molar-refractivity contribution < 1.29 is 24.3 Å². The molecule has 3 rings (SSSR count). The van der Waals surface area contributed by atoms with Gasteiger partial charge in [0.05, 0.1) is 22.4 Å². The fourth-order valence-electron chi connectivity index (χ4n) is 2.94. The molecule has 0 fully saturated rings. The Labute approximate surface area is 169 Å². The van der Waals surface area contributed by atoms with Crippen molar-refractivity contribution in [2.24, 2.45) is 0 Å². The van der Waals surface area contributed by atoms with Crippen LogP contribution in [0.25, 0.3) is 0 Å². The molecule has 0 aromatic heterocycles. The SMILES string of the molecule is CSC[C@H](C(=O)Nc1cc(Cl)ccc1C(=O)O)N1C(=O)c2ccccc2C1=O. The summed E-state index contributed by atoms with van der Waals surface area (Å²) in [6, 6.07) is 9.21. The van der Waals surface area contributed by atoms with Crippen LogP contribution in [0.1, 0.15) is 31.1 Å². The summed E-state index contributed by atoms with van der Waals surface area (Å²) in [6.07, 6.45) is 1.74. The third-order valence-corrected chi connectivity index (χ3v) is 5.12. The zero-order chi connectivity index (χ0) is 20.4. The van der Waals surface area contributed by atoms with Crippen LogP contribution < -0.4 is 5.32 Å². The predicted molar refractivity (Wildman–Crippen MR) is 106 cm³/mol. The Bertz CT molecular complexity index is 959. The first kappa shape index (κ1) is 19.9. The van der Waals surface area contributed by atoms with Gasteiger partial charge in [-0.2, -0.15) is 11.8 Å². The van der Waals surface area contributed by atoms with Crippen LogP contribution in [0.5, 0.6) is 0 Å². The molecule has 0 saturated heterocycles. The highest BCUT2D eigenvalue weighted by Crippen LogP contribution is 2.27. The van der Waals surface area contributed by atoms with Gasteiger partial charge in [0.15, 0.2) is 0 Å². The minimum Gasteiger partial charge on any atom is -0.478 e. The number of carboxylic acid groups (broad SMARTS) is 1. The highest BCUT2D eigenvalue weighted by molar-refractivity contribution is 7.98. The number of amides is 3. The van der Waals surface area contributed by atoms with Gasteiger partial charge in [0, 0.05) is 10.8 Å². The maximum absolute atomic E-state index is 12.9. The quantitative estimate of drug-likeness (QED) is 0.699. The minimum absolute atomic E-state index is 0.00675. The zero-order valence-electron chi connectivity index (χ0n) is 14.6. The molecule has 1 aliphatic rings. The average molecular weight is 419 g/mol. The van der Waals surface area contributed by atoms with Crippen molar-refractivity contribution in [2.45, 2.75) is 6.04 Å². The van der Waals surface area contributed by atoms with E-state index < -0.39 is 29.7 Å². The number of imide groups is 1. The van der Waals surface area contributed by atoms with Gasteiger partial charge in [-0.05, 0) is 36.6 Å². The van der Waals surface area contributed by atoms with E-state index in [4.69, 9.17) is 11.6 Å². The van der Waals surface area contributed by atoms with E-state index in [1.807, 2.05) is 0 Å². The molecule has 0 radical (unpaired) electrons. The molecule has 7 nitrogen and oxygen atoms in total. The standard InChI is InChI=1S/C19H15ClN2O5S/c1-28-9-15(22-17(24)11-4-2-3-5-12(11)18(22)25)16(23)21-14-8-10(20)6-7-13(14)19(26)27/h2-8,15H,9H2,1H3,(H,21,23)(H,26,27)/t15-/m1/s1. The van der Waals surface area contributed by atoms with Gasteiger partial charge < -0.3 is 10.4 Å². The summed E-state index contributed by atoms with van der Waals surface area (Å²) in [5, 5.41) is 12.0. The highest BCUT2D eigenvalue weighted by Gasteiger charge is 2.42. The third kappa shape index (κ3) is 3.61. The molecule has 2 aromatic rings. The lowest BCUT2D eigenvalue weighted by atomic mass is 10.1. The molecule has 9 heteroatoms. The predicted octanol–water partition coefficient (Wildman–Crippen LogP) is 3.00. The third-order valence-electron chi connectivity index (χ3n) is 4.23. The molecule has 28 heavy (non-hydrogen) atoms. The number of carbonyl (C=O) groups is 4. The van der Waals surface area contributed by atoms with Crippen LogP contribution in [0.2, 0.25) is 5.02 Å². The van der Waals surface area contributed by atoms with Gasteiger partial charge in [-0.25, -0.2) is 4.79 Å². The van der Waals surface area contributed by atoms with Crippen molar-refractivity contribution in [3.05, 3.63) is 64.2 Å². The van der Waals surface area contributed by atoms with Crippen LogP contribution in [-0.4, -0.2) is 51.7 Å². The van der Waals surface area contributed by atoms with Crippen molar-refractivity contribution in [3.63, 3.8) is 0 Å². The summed E-state index contributed by atoms with van der Waals surface area (Å²) in [7, 11) is 0. The van der Waals surface area contributed by atoms with Crippen LogP contribution >= 0.6 is 23.4 Å². The lowest BCUT2D eigenvalue weighted by Gasteiger charge is -2.25. The molecular weight excluding hydrogens is 404 g/mol. The lowest BCUT2D eigenvalue weighted by molar-refractivity contribution is -0.119. The summed E-state index contributed by atoms with van der Waals surface area (Å²) in [4.78, 5) is 50.7. The van der Waals surface area contributed by atoms with Crippen LogP contribution in [0.3, 0.4) is 0 Å². The minimum atomic E-state index is -1.24.